The molecule has 0 unspecified atom stereocenters. The largest absolute Gasteiger partial charge is 0.496 e. The zero-order chi connectivity index (χ0) is 12.6. The average molecular weight is 249 g/mol. The molecule has 1 saturated carbocycles. The first kappa shape index (κ1) is 11.7. The van der Waals surface area contributed by atoms with Gasteiger partial charge in [-0.2, -0.15) is 0 Å². The van der Waals surface area contributed by atoms with Crippen molar-refractivity contribution < 1.29 is 14.2 Å². The monoisotopic (exact) mass is 249 g/mol. The Morgan fingerprint density at radius 2 is 1.89 bits per heavy atom. The number of methoxy groups -OCH3 is 1. The Morgan fingerprint density at radius 1 is 1.22 bits per heavy atom. The molecule has 98 valence electrons. The van der Waals surface area contributed by atoms with Gasteiger partial charge in [-0.25, -0.2) is 0 Å². The van der Waals surface area contributed by atoms with Crippen molar-refractivity contribution in [3.05, 3.63) is 17.7 Å². The average Bonchev–Trinajstić information content (AvgIpc) is 2.37. The maximum absolute atomic E-state index is 5.97. The second-order valence-electron chi connectivity index (χ2n) is 5.03. The van der Waals surface area contributed by atoms with E-state index in [1.54, 1.807) is 7.11 Å². The van der Waals surface area contributed by atoms with Crippen LogP contribution in [-0.4, -0.2) is 26.9 Å². The molecule has 1 aromatic rings. The molecule has 3 rings (SSSR count). The van der Waals surface area contributed by atoms with Gasteiger partial charge in [0.25, 0.3) is 0 Å². The topological polar surface area (TPSA) is 53.7 Å². The van der Waals surface area contributed by atoms with Crippen molar-refractivity contribution in [2.24, 2.45) is 5.73 Å². The summed E-state index contributed by atoms with van der Waals surface area (Å²) in [5.74, 6) is 2.45. The maximum Gasteiger partial charge on any atom is 0.165 e. The Balaban J connectivity index is 2.07. The minimum Gasteiger partial charge on any atom is -0.496 e. The standard InChI is InChI=1S/C14H19NO3/c1-16-11-8-13-12(17-5-6-18-13)7-10(11)14(9-15)3-2-4-14/h7-8H,2-6,9,15H2,1H3. The van der Waals surface area contributed by atoms with Crippen molar-refractivity contribution in [2.75, 3.05) is 26.9 Å². The highest BCUT2D eigenvalue weighted by molar-refractivity contribution is 5.54. The number of hydrogen-bond acceptors (Lipinski definition) is 4. The van der Waals surface area contributed by atoms with Gasteiger partial charge in [-0.3, -0.25) is 0 Å². The van der Waals surface area contributed by atoms with Crippen molar-refractivity contribution >= 4 is 0 Å². The van der Waals surface area contributed by atoms with Crippen LogP contribution < -0.4 is 19.9 Å². The predicted octanol–water partition coefficient (Wildman–Crippen LogP) is 1.85. The fraction of sp³-hybridized carbons (Fsp3) is 0.571. The van der Waals surface area contributed by atoms with Gasteiger partial charge in [-0.15, -0.1) is 0 Å². The van der Waals surface area contributed by atoms with E-state index in [1.807, 2.05) is 6.07 Å². The molecule has 1 fully saturated rings. The zero-order valence-electron chi connectivity index (χ0n) is 10.7. The van der Waals surface area contributed by atoms with E-state index in [4.69, 9.17) is 19.9 Å². The first-order valence-corrected chi connectivity index (χ1v) is 6.47. The molecule has 0 atom stereocenters. The SMILES string of the molecule is COc1cc2c(cc1C1(CN)CCC1)OCCO2. The van der Waals surface area contributed by atoms with Crippen LogP contribution in [0.2, 0.25) is 0 Å². The van der Waals surface area contributed by atoms with Gasteiger partial charge in [-0.05, 0) is 18.9 Å². The lowest BCUT2D eigenvalue weighted by Gasteiger charge is -2.42. The van der Waals surface area contributed by atoms with Crippen LogP contribution in [0.1, 0.15) is 24.8 Å². The molecule has 0 bridgehead atoms. The first-order valence-electron chi connectivity index (χ1n) is 6.47. The third-order valence-electron chi connectivity index (χ3n) is 4.14. The van der Waals surface area contributed by atoms with Gasteiger partial charge in [0, 0.05) is 23.6 Å². The van der Waals surface area contributed by atoms with E-state index in [0.29, 0.717) is 19.8 Å². The normalized spacial score (nSPS) is 20.1. The van der Waals surface area contributed by atoms with Gasteiger partial charge < -0.3 is 19.9 Å². The number of nitrogens with two attached hydrogens (primary N) is 1. The molecule has 0 radical (unpaired) electrons. The smallest absolute Gasteiger partial charge is 0.165 e. The number of fused-ring (bicyclic) bond motifs is 1. The van der Waals surface area contributed by atoms with Crippen molar-refractivity contribution in [1.82, 2.24) is 0 Å². The Bertz CT molecular complexity index is 449. The summed E-state index contributed by atoms with van der Waals surface area (Å²) in [4.78, 5) is 0. The van der Waals surface area contributed by atoms with E-state index < -0.39 is 0 Å². The van der Waals surface area contributed by atoms with E-state index in [9.17, 15) is 0 Å². The summed E-state index contributed by atoms with van der Waals surface area (Å²) in [6.07, 6.45) is 3.48. The molecule has 0 saturated heterocycles. The van der Waals surface area contributed by atoms with Crippen LogP contribution in [0.3, 0.4) is 0 Å². The van der Waals surface area contributed by atoms with E-state index in [2.05, 4.69) is 6.07 Å². The molecule has 4 heteroatoms. The highest BCUT2D eigenvalue weighted by Gasteiger charge is 2.40. The molecule has 0 amide bonds. The summed E-state index contributed by atoms with van der Waals surface area (Å²) in [7, 11) is 1.69. The number of hydrogen-bond donors (Lipinski definition) is 1. The minimum atomic E-state index is 0.0706. The van der Waals surface area contributed by atoms with Gasteiger partial charge in [0.2, 0.25) is 0 Å². The van der Waals surface area contributed by atoms with Crippen LogP contribution in [0.25, 0.3) is 0 Å². The van der Waals surface area contributed by atoms with Gasteiger partial charge in [0.05, 0.1) is 7.11 Å². The summed E-state index contributed by atoms with van der Waals surface area (Å²) < 4.78 is 16.7. The zero-order valence-corrected chi connectivity index (χ0v) is 10.7. The minimum absolute atomic E-state index is 0.0706. The van der Waals surface area contributed by atoms with Crippen LogP contribution >= 0.6 is 0 Å². The summed E-state index contributed by atoms with van der Waals surface area (Å²) in [6, 6.07) is 3.99. The third kappa shape index (κ3) is 1.63. The fourth-order valence-electron chi connectivity index (χ4n) is 2.84. The molecular formula is C14H19NO3. The lowest BCUT2D eigenvalue weighted by atomic mass is 9.64. The fourth-order valence-corrected chi connectivity index (χ4v) is 2.84. The van der Waals surface area contributed by atoms with Crippen LogP contribution in [0.15, 0.2) is 12.1 Å². The number of benzene rings is 1. The van der Waals surface area contributed by atoms with Crippen molar-refractivity contribution in [1.29, 1.82) is 0 Å². The van der Waals surface area contributed by atoms with E-state index >= 15 is 0 Å². The molecule has 1 heterocycles. The second kappa shape index (κ2) is 4.35. The second-order valence-corrected chi connectivity index (χ2v) is 5.03. The summed E-state index contributed by atoms with van der Waals surface area (Å²) >= 11 is 0. The van der Waals surface area contributed by atoms with Crippen molar-refractivity contribution in [3.8, 4) is 17.2 Å². The molecule has 1 aliphatic heterocycles. The van der Waals surface area contributed by atoms with Crippen LogP contribution in [0.4, 0.5) is 0 Å². The highest BCUT2D eigenvalue weighted by atomic mass is 16.6. The van der Waals surface area contributed by atoms with E-state index in [0.717, 1.165) is 30.1 Å². The van der Waals surface area contributed by atoms with Gasteiger partial charge in [0.1, 0.15) is 19.0 Å². The first-order chi connectivity index (χ1) is 8.79. The molecule has 1 aromatic carbocycles. The Hall–Kier alpha value is -1.42. The Morgan fingerprint density at radius 3 is 2.39 bits per heavy atom. The van der Waals surface area contributed by atoms with Crippen LogP contribution in [-0.2, 0) is 5.41 Å². The van der Waals surface area contributed by atoms with E-state index in [-0.39, 0.29) is 5.41 Å². The third-order valence-corrected chi connectivity index (χ3v) is 4.14. The summed E-state index contributed by atoms with van der Waals surface area (Å²) in [6.45, 7) is 1.86. The Kier molecular flexibility index (Phi) is 2.82. The van der Waals surface area contributed by atoms with Crippen molar-refractivity contribution in [3.63, 3.8) is 0 Å². The maximum atomic E-state index is 5.97. The number of rotatable bonds is 3. The molecule has 0 spiro atoms. The lowest BCUT2D eigenvalue weighted by molar-refractivity contribution is 0.168. The van der Waals surface area contributed by atoms with Crippen LogP contribution in [0, 0.1) is 0 Å². The van der Waals surface area contributed by atoms with Crippen molar-refractivity contribution in [2.45, 2.75) is 24.7 Å². The predicted molar refractivity (Wildman–Crippen MR) is 68.6 cm³/mol. The summed E-state index contributed by atoms with van der Waals surface area (Å²) in [5.41, 5.74) is 7.21. The number of ether oxygens (including phenoxy) is 3. The summed E-state index contributed by atoms with van der Waals surface area (Å²) in [5, 5.41) is 0. The Labute approximate surface area is 107 Å². The van der Waals surface area contributed by atoms with Gasteiger partial charge in [0.15, 0.2) is 11.5 Å². The van der Waals surface area contributed by atoms with Gasteiger partial charge >= 0.3 is 0 Å². The molecule has 0 aromatic heterocycles. The molecule has 1 aliphatic carbocycles. The molecule has 4 nitrogen and oxygen atoms in total. The lowest BCUT2D eigenvalue weighted by Crippen LogP contribution is -2.41. The van der Waals surface area contributed by atoms with Gasteiger partial charge in [-0.1, -0.05) is 6.42 Å². The molecular weight excluding hydrogens is 230 g/mol. The molecule has 2 N–H and O–H groups in total. The quantitative estimate of drug-likeness (QED) is 0.888. The highest BCUT2D eigenvalue weighted by Crippen LogP contribution is 2.49. The van der Waals surface area contributed by atoms with Crippen LogP contribution in [0.5, 0.6) is 17.2 Å². The molecule has 18 heavy (non-hydrogen) atoms. The molecule has 2 aliphatic rings. The van der Waals surface area contributed by atoms with E-state index in [1.165, 1.54) is 12.0 Å².